The van der Waals surface area contributed by atoms with Crippen molar-refractivity contribution in [1.82, 2.24) is 5.32 Å². The Morgan fingerprint density at radius 1 is 1.48 bits per heavy atom. The Labute approximate surface area is 133 Å². The van der Waals surface area contributed by atoms with E-state index in [1.54, 1.807) is 20.1 Å². The normalized spacial score (nSPS) is 11.8. The van der Waals surface area contributed by atoms with Crippen LogP contribution in [-0.4, -0.2) is 38.6 Å². The highest BCUT2D eigenvalue weighted by Crippen LogP contribution is 2.27. The van der Waals surface area contributed by atoms with Gasteiger partial charge in [0.2, 0.25) is 0 Å². The number of halogens is 1. The average molecular weight is 358 g/mol. The lowest BCUT2D eigenvalue weighted by atomic mass is 10.1. The van der Waals surface area contributed by atoms with Crippen molar-refractivity contribution in [3.05, 3.63) is 27.7 Å². The fraction of sp³-hybridized carbons (Fsp3) is 0.467. The Morgan fingerprint density at radius 3 is 2.81 bits per heavy atom. The molecule has 5 nitrogen and oxygen atoms in total. The summed E-state index contributed by atoms with van der Waals surface area (Å²) in [4.78, 5) is 23.0. The van der Waals surface area contributed by atoms with Crippen molar-refractivity contribution in [3.8, 4) is 5.75 Å². The monoisotopic (exact) mass is 357 g/mol. The predicted molar refractivity (Wildman–Crippen MR) is 83.9 cm³/mol. The van der Waals surface area contributed by atoms with Crippen LogP contribution in [0.15, 0.2) is 16.6 Å². The molecule has 0 radical (unpaired) electrons. The van der Waals surface area contributed by atoms with Crippen molar-refractivity contribution >= 4 is 28.1 Å². The second-order valence-corrected chi connectivity index (χ2v) is 5.57. The smallest absolute Gasteiger partial charge is 0.260 e. The van der Waals surface area contributed by atoms with Crippen LogP contribution in [0.1, 0.15) is 29.3 Å². The average Bonchev–Trinajstić information content (AvgIpc) is 2.45. The molecule has 1 amide bonds. The Kier molecular flexibility index (Phi) is 7.39. The highest BCUT2D eigenvalue weighted by molar-refractivity contribution is 9.10. The standard InChI is InChI=1S/C15H20BrNO4/c1-10-7-13(16)8-12(9-18)14(10)21-11(2)15(19)17-5-4-6-20-3/h7-9,11H,4-6H2,1-3H3,(H,17,19). The molecule has 1 aromatic carbocycles. The Balaban J connectivity index is 2.68. The van der Waals surface area contributed by atoms with Gasteiger partial charge in [-0.25, -0.2) is 0 Å². The number of carbonyl (C=O) groups excluding carboxylic acids is 2. The van der Waals surface area contributed by atoms with Gasteiger partial charge in [-0.15, -0.1) is 0 Å². The predicted octanol–water partition coefficient (Wildman–Crippen LogP) is 2.49. The first kappa shape index (κ1) is 17.7. The molecule has 116 valence electrons. The molecule has 0 saturated carbocycles. The van der Waals surface area contributed by atoms with E-state index >= 15 is 0 Å². The molecule has 6 heteroatoms. The zero-order chi connectivity index (χ0) is 15.8. The molecule has 1 rings (SSSR count). The van der Waals surface area contributed by atoms with Crippen LogP contribution in [0.2, 0.25) is 0 Å². The van der Waals surface area contributed by atoms with Crippen molar-refractivity contribution in [2.24, 2.45) is 0 Å². The zero-order valence-corrected chi connectivity index (χ0v) is 14.0. The maximum atomic E-state index is 11.9. The highest BCUT2D eigenvalue weighted by atomic mass is 79.9. The summed E-state index contributed by atoms with van der Waals surface area (Å²) >= 11 is 3.33. The van der Waals surface area contributed by atoms with E-state index in [2.05, 4.69) is 21.2 Å². The fourth-order valence-corrected chi connectivity index (χ4v) is 2.40. The maximum absolute atomic E-state index is 11.9. The molecule has 0 aliphatic heterocycles. The van der Waals surface area contributed by atoms with Crippen molar-refractivity contribution in [2.75, 3.05) is 20.3 Å². The van der Waals surface area contributed by atoms with Gasteiger partial charge in [0.25, 0.3) is 5.91 Å². The molecule has 1 N–H and O–H groups in total. The number of hydrogen-bond acceptors (Lipinski definition) is 4. The lowest BCUT2D eigenvalue weighted by Gasteiger charge is -2.18. The molecule has 21 heavy (non-hydrogen) atoms. The summed E-state index contributed by atoms with van der Waals surface area (Å²) in [7, 11) is 1.62. The highest BCUT2D eigenvalue weighted by Gasteiger charge is 2.17. The van der Waals surface area contributed by atoms with Crippen molar-refractivity contribution in [1.29, 1.82) is 0 Å². The van der Waals surface area contributed by atoms with Crippen molar-refractivity contribution < 1.29 is 19.1 Å². The molecule has 0 aromatic heterocycles. The summed E-state index contributed by atoms with van der Waals surface area (Å²) in [5.41, 5.74) is 1.21. The number of ether oxygens (including phenoxy) is 2. The summed E-state index contributed by atoms with van der Waals surface area (Å²) in [6, 6.07) is 3.50. The number of carbonyl (C=O) groups is 2. The summed E-state index contributed by atoms with van der Waals surface area (Å²) in [5.74, 6) is 0.220. The maximum Gasteiger partial charge on any atom is 0.260 e. The minimum atomic E-state index is -0.675. The van der Waals surface area contributed by atoms with Crippen molar-refractivity contribution in [3.63, 3.8) is 0 Å². The largest absolute Gasteiger partial charge is 0.480 e. The number of methoxy groups -OCH3 is 1. The van der Waals surface area contributed by atoms with Gasteiger partial charge in [0.1, 0.15) is 5.75 Å². The third-order valence-corrected chi connectivity index (χ3v) is 3.34. The number of nitrogens with one attached hydrogen (secondary N) is 1. The van der Waals surface area contributed by atoms with Crippen LogP contribution in [-0.2, 0) is 9.53 Å². The van der Waals surface area contributed by atoms with E-state index in [-0.39, 0.29) is 5.91 Å². The molecule has 0 spiro atoms. The molecule has 1 atom stereocenters. The van der Waals surface area contributed by atoms with E-state index in [0.717, 1.165) is 22.7 Å². The Morgan fingerprint density at radius 2 is 2.19 bits per heavy atom. The number of amides is 1. The van der Waals surface area contributed by atoms with Crippen LogP contribution in [0.3, 0.4) is 0 Å². The van der Waals surface area contributed by atoms with Gasteiger partial charge in [0.15, 0.2) is 12.4 Å². The van der Waals surface area contributed by atoms with Gasteiger partial charge in [0, 0.05) is 24.7 Å². The number of hydrogen-bond donors (Lipinski definition) is 1. The topological polar surface area (TPSA) is 64.6 Å². The first-order valence-corrected chi connectivity index (χ1v) is 7.47. The second kappa shape index (κ2) is 8.79. The third-order valence-electron chi connectivity index (χ3n) is 2.88. The van der Waals surface area contributed by atoms with Gasteiger partial charge in [0.05, 0.1) is 5.56 Å². The molecule has 0 bridgehead atoms. The van der Waals surface area contributed by atoms with Crippen LogP contribution in [0.25, 0.3) is 0 Å². The van der Waals surface area contributed by atoms with Crippen LogP contribution in [0, 0.1) is 6.92 Å². The van der Waals surface area contributed by atoms with Gasteiger partial charge < -0.3 is 14.8 Å². The van der Waals surface area contributed by atoms with Crippen LogP contribution in [0.5, 0.6) is 5.75 Å². The molecule has 0 heterocycles. The van der Waals surface area contributed by atoms with Crippen LogP contribution >= 0.6 is 15.9 Å². The quantitative estimate of drug-likeness (QED) is 0.573. The van der Waals surface area contributed by atoms with E-state index < -0.39 is 6.10 Å². The molecule has 0 saturated heterocycles. The SMILES string of the molecule is COCCCNC(=O)C(C)Oc1c(C)cc(Br)cc1C=O. The first-order chi connectivity index (χ1) is 9.99. The molecule has 0 aliphatic carbocycles. The van der Waals surface area contributed by atoms with Gasteiger partial charge in [-0.1, -0.05) is 15.9 Å². The second-order valence-electron chi connectivity index (χ2n) is 4.66. The van der Waals surface area contributed by atoms with Gasteiger partial charge in [-0.05, 0) is 38.0 Å². The molecule has 1 unspecified atom stereocenters. The lowest BCUT2D eigenvalue weighted by molar-refractivity contribution is -0.127. The Bertz CT molecular complexity index is 505. The van der Waals surface area contributed by atoms with Gasteiger partial charge in [-0.2, -0.15) is 0 Å². The Hall–Kier alpha value is -1.40. The van der Waals surface area contributed by atoms with Crippen molar-refractivity contribution in [2.45, 2.75) is 26.4 Å². The number of benzene rings is 1. The summed E-state index contributed by atoms with van der Waals surface area (Å²) in [5, 5.41) is 2.76. The molecular formula is C15H20BrNO4. The zero-order valence-electron chi connectivity index (χ0n) is 12.4. The fourth-order valence-electron chi connectivity index (χ4n) is 1.81. The van der Waals surface area contributed by atoms with Gasteiger partial charge >= 0.3 is 0 Å². The van der Waals surface area contributed by atoms with Crippen LogP contribution < -0.4 is 10.1 Å². The molecule has 0 fully saturated rings. The van der Waals surface area contributed by atoms with E-state index in [0.29, 0.717) is 24.5 Å². The van der Waals surface area contributed by atoms with Crippen LogP contribution in [0.4, 0.5) is 0 Å². The molecule has 0 aliphatic rings. The summed E-state index contributed by atoms with van der Waals surface area (Å²) in [6.45, 7) is 4.61. The summed E-state index contributed by atoms with van der Waals surface area (Å²) < 4.78 is 11.4. The number of aldehydes is 1. The minimum absolute atomic E-state index is 0.217. The number of aryl methyl sites for hydroxylation is 1. The van der Waals surface area contributed by atoms with Gasteiger partial charge in [-0.3, -0.25) is 9.59 Å². The van der Waals surface area contributed by atoms with E-state index in [9.17, 15) is 9.59 Å². The summed E-state index contributed by atoms with van der Waals surface area (Å²) in [6.07, 6.45) is 0.786. The minimum Gasteiger partial charge on any atom is -0.480 e. The number of rotatable bonds is 8. The van der Waals surface area contributed by atoms with E-state index in [1.807, 2.05) is 13.0 Å². The molecule has 1 aromatic rings. The third kappa shape index (κ3) is 5.47. The van der Waals surface area contributed by atoms with E-state index in [4.69, 9.17) is 9.47 Å². The van der Waals surface area contributed by atoms with E-state index in [1.165, 1.54) is 0 Å². The molecular weight excluding hydrogens is 338 g/mol. The lowest BCUT2D eigenvalue weighted by Crippen LogP contribution is -2.37. The first-order valence-electron chi connectivity index (χ1n) is 6.68.